The third-order valence-corrected chi connectivity index (χ3v) is 2.56. The number of hydrogen-bond acceptors (Lipinski definition) is 3. The summed E-state index contributed by atoms with van der Waals surface area (Å²) in [6.07, 6.45) is 5.34. The molecule has 0 atom stereocenters. The SMILES string of the molecule is CCCC(C)(C)[O-].CCCC(C)(C)[O-].CCCC(C)(C)[O-].[Si+3]Cl. The predicted molar refractivity (Wildman–Crippen MR) is 98.6 cm³/mol. The van der Waals surface area contributed by atoms with Gasteiger partial charge in [0.05, 0.1) is 0 Å². The Hall–Kier alpha value is 0.387. The van der Waals surface area contributed by atoms with E-state index in [9.17, 15) is 15.3 Å². The van der Waals surface area contributed by atoms with Gasteiger partial charge in [-0.05, 0) is 0 Å². The maximum atomic E-state index is 10.7. The summed E-state index contributed by atoms with van der Waals surface area (Å²) >= 11 is 4.44. The zero-order chi connectivity index (χ0) is 19.7. The number of rotatable bonds is 6. The average Bonchev–Trinajstić information content (AvgIpc) is 2.28. The van der Waals surface area contributed by atoms with Crippen LogP contribution in [0.3, 0.4) is 0 Å². The van der Waals surface area contributed by atoms with Crippen molar-refractivity contribution in [1.29, 1.82) is 0 Å². The van der Waals surface area contributed by atoms with Gasteiger partial charge in [0.2, 0.25) is 0 Å². The molecular formula is C18H39ClO3Si. The molecule has 0 radical (unpaired) electrons. The number of hydrogen-bond donors (Lipinski definition) is 0. The molecule has 0 aromatic rings. The van der Waals surface area contributed by atoms with E-state index in [1.165, 1.54) is 0 Å². The molecular weight excluding hydrogens is 328 g/mol. The van der Waals surface area contributed by atoms with Crippen LogP contribution in [0.1, 0.15) is 101 Å². The Kier molecular flexibility index (Phi) is 23.3. The Labute approximate surface area is 154 Å². The van der Waals surface area contributed by atoms with Gasteiger partial charge in [-0.1, -0.05) is 101 Å². The molecule has 0 aromatic heterocycles. The summed E-state index contributed by atoms with van der Waals surface area (Å²) < 4.78 is 0. The summed E-state index contributed by atoms with van der Waals surface area (Å²) in [5, 5.41) is 32.1. The minimum atomic E-state index is -0.700. The van der Waals surface area contributed by atoms with Crippen molar-refractivity contribution in [3.05, 3.63) is 0 Å². The van der Waals surface area contributed by atoms with Gasteiger partial charge in [-0.3, -0.25) is 0 Å². The summed E-state index contributed by atoms with van der Waals surface area (Å²) in [5.41, 5.74) is -2.10. The second-order valence-corrected chi connectivity index (χ2v) is 7.53. The van der Waals surface area contributed by atoms with Gasteiger partial charge in [0.1, 0.15) is 0 Å². The fraction of sp³-hybridized carbons (Fsp3) is 1.00. The predicted octanol–water partition coefficient (Wildman–Crippen LogP) is 3.08. The van der Waals surface area contributed by atoms with Gasteiger partial charge in [-0.15, -0.1) is 16.8 Å². The first-order valence-corrected chi connectivity index (χ1v) is 10.00. The third-order valence-electron chi connectivity index (χ3n) is 2.56. The van der Waals surface area contributed by atoms with Crippen molar-refractivity contribution in [2.24, 2.45) is 0 Å². The van der Waals surface area contributed by atoms with E-state index in [-0.39, 0.29) is 0 Å². The van der Waals surface area contributed by atoms with E-state index in [4.69, 9.17) is 0 Å². The Balaban J connectivity index is -0.000000111. The summed E-state index contributed by atoms with van der Waals surface area (Å²) in [7, 11) is 2.44. The molecule has 0 aromatic carbocycles. The second kappa shape index (κ2) is 17.2. The van der Waals surface area contributed by atoms with Crippen LogP contribution < -0.4 is 15.3 Å². The van der Waals surface area contributed by atoms with Crippen LogP contribution in [-0.2, 0) is 0 Å². The van der Waals surface area contributed by atoms with Gasteiger partial charge >= 0.3 is 20.6 Å². The van der Waals surface area contributed by atoms with E-state index in [0.717, 1.165) is 38.5 Å². The number of halogens is 1. The van der Waals surface area contributed by atoms with Crippen LogP contribution in [-0.4, -0.2) is 26.4 Å². The van der Waals surface area contributed by atoms with Gasteiger partial charge in [0.25, 0.3) is 0 Å². The molecule has 0 rings (SSSR count). The average molecular weight is 367 g/mol. The van der Waals surface area contributed by atoms with Crippen molar-refractivity contribution < 1.29 is 15.3 Å². The Morgan fingerprint density at radius 2 is 0.696 bits per heavy atom. The van der Waals surface area contributed by atoms with Crippen molar-refractivity contribution in [1.82, 2.24) is 0 Å². The van der Waals surface area contributed by atoms with E-state index in [2.05, 4.69) is 20.6 Å². The van der Waals surface area contributed by atoms with Gasteiger partial charge in [-0.25, -0.2) is 0 Å². The molecule has 0 saturated heterocycles. The Bertz CT molecular complexity index is 178. The van der Waals surface area contributed by atoms with Crippen LogP contribution in [0.5, 0.6) is 0 Å². The van der Waals surface area contributed by atoms with E-state index in [0.29, 0.717) is 0 Å². The summed E-state index contributed by atoms with van der Waals surface area (Å²) in [6, 6.07) is 0. The van der Waals surface area contributed by atoms with E-state index in [1.54, 1.807) is 41.5 Å². The fourth-order valence-corrected chi connectivity index (χ4v) is 1.81. The fourth-order valence-electron chi connectivity index (χ4n) is 1.81. The monoisotopic (exact) mass is 366 g/mol. The molecule has 23 heavy (non-hydrogen) atoms. The Morgan fingerprint density at radius 1 is 0.565 bits per heavy atom. The van der Waals surface area contributed by atoms with Crippen LogP contribution in [0.25, 0.3) is 0 Å². The van der Waals surface area contributed by atoms with Crippen molar-refractivity contribution in [2.45, 2.75) is 118 Å². The molecule has 0 spiro atoms. The van der Waals surface area contributed by atoms with E-state index < -0.39 is 16.8 Å². The molecule has 0 unspecified atom stereocenters. The summed E-state index contributed by atoms with van der Waals surface area (Å²) in [5.74, 6) is 0. The van der Waals surface area contributed by atoms with Crippen LogP contribution >= 0.6 is 11.1 Å². The van der Waals surface area contributed by atoms with Crippen LogP contribution in [0.4, 0.5) is 0 Å². The van der Waals surface area contributed by atoms with Gasteiger partial charge in [0, 0.05) is 0 Å². The van der Waals surface area contributed by atoms with Crippen molar-refractivity contribution in [3.8, 4) is 0 Å². The molecule has 0 saturated carbocycles. The topological polar surface area (TPSA) is 69.2 Å². The molecule has 0 bridgehead atoms. The maximum absolute atomic E-state index is 10.7. The third kappa shape index (κ3) is 60.6. The molecule has 0 N–H and O–H groups in total. The molecule has 0 aliphatic carbocycles. The van der Waals surface area contributed by atoms with Crippen LogP contribution in [0.15, 0.2) is 0 Å². The second-order valence-electron chi connectivity index (χ2n) is 7.53. The summed E-state index contributed by atoms with van der Waals surface area (Å²) in [4.78, 5) is 0. The van der Waals surface area contributed by atoms with Gasteiger partial charge in [-0.2, -0.15) is 0 Å². The molecule has 0 aliphatic rings. The molecule has 3 nitrogen and oxygen atoms in total. The standard InChI is InChI=1S/3C6H13O.ClSi/c3*1-4-5-6(2,3)7;1-2/h3*4-5H2,1-3H3;/q3*-1;+3. The first-order chi connectivity index (χ1) is 10.2. The Morgan fingerprint density at radius 3 is 0.696 bits per heavy atom. The molecule has 0 aliphatic heterocycles. The molecule has 0 fully saturated rings. The van der Waals surface area contributed by atoms with Gasteiger partial charge in [0.15, 0.2) is 0 Å². The normalized spacial score (nSPS) is 11.3. The zero-order valence-electron chi connectivity index (χ0n) is 16.8. The first-order valence-electron chi connectivity index (χ1n) is 8.48. The first kappa shape index (κ1) is 31.2. The molecule has 0 amide bonds. The minimum absolute atomic E-state index is 0.700. The molecule has 140 valence electrons. The van der Waals surface area contributed by atoms with Crippen molar-refractivity contribution in [3.63, 3.8) is 0 Å². The molecule has 5 heteroatoms. The van der Waals surface area contributed by atoms with Crippen molar-refractivity contribution in [2.75, 3.05) is 0 Å². The van der Waals surface area contributed by atoms with Crippen LogP contribution in [0, 0.1) is 0 Å². The quantitative estimate of drug-likeness (QED) is 0.535. The van der Waals surface area contributed by atoms with Crippen LogP contribution in [0.2, 0.25) is 0 Å². The van der Waals surface area contributed by atoms with E-state index >= 15 is 0 Å². The summed E-state index contributed by atoms with van der Waals surface area (Å²) in [6.45, 7) is 16.4. The zero-order valence-corrected chi connectivity index (χ0v) is 18.6. The molecule has 0 heterocycles. The van der Waals surface area contributed by atoms with E-state index in [1.807, 2.05) is 20.8 Å². The van der Waals surface area contributed by atoms with Gasteiger partial charge < -0.3 is 15.3 Å². The van der Waals surface area contributed by atoms with Crippen molar-refractivity contribution >= 4 is 20.6 Å².